The molecule has 1 aliphatic heterocycles. The maximum Gasteiger partial charge on any atom is 0.164 e. The molecule has 2 atom stereocenters. The molecule has 0 fully saturated rings. The Morgan fingerprint density at radius 1 is 0.627 bits per heavy atom. The normalized spacial score (nSPS) is 16.1. The Balaban J connectivity index is 1.34. The Morgan fingerprint density at radius 3 is 1.96 bits per heavy atom. The van der Waals surface area contributed by atoms with Gasteiger partial charge in [-0.15, -0.1) is 0 Å². The van der Waals surface area contributed by atoms with E-state index < -0.39 is 0 Å². The van der Waals surface area contributed by atoms with E-state index in [1.54, 1.807) is 0 Å². The van der Waals surface area contributed by atoms with Crippen LogP contribution in [0.4, 0.5) is 11.4 Å². The minimum absolute atomic E-state index is 0.136. The van der Waals surface area contributed by atoms with Gasteiger partial charge < -0.3 is 9.47 Å². The van der Waals surface area contributed by atoms with Crippen LogP contribution in [0.2, 0.25) is 0 Å². The summed E-state index contributed by atoms with van der Waals surface area (Å²) in [6, 6.07) is 44.6. The van der Waals surface area contributed by atoms with Crippen LogP contribution in [0.25, 0.3) is 56.8 Å². The molecular formula is C46H35N5. The Bertz CT molecular complexity index is 2470. The van der Waals surface area contributed by atoms with Gasteiger partial charge in [0.2, 0.25) is 0 Å². The molecular weight excluding hydrogens is 623 g/mol. The number of anilines is 2. The molecule has 3 heterocycles. The van der Waals surface area contributed by atoms with Crippen molar-refractivity contribution in [2.45, 2.75) is 18.9 Å². The second kappa shape index (κ2) is 12.7. The van der Waals surface area contributed by atoms with Gasteiger partial charge in [0.25, 0.3) is 0 Å². The van der Waals surface area contributed by atoms with Crippen LogP contribution in [-0.2, 0) is 0 Å². The van der Waals surface area contributed by atoms with Crippen molar-refractivity contribution in [1.82, 2.24) is 19.5 Å². The molecule has 244 valence electrons. The molecule has 7 aromatic rings. The zero-order valence-electron chi connectivity index (χ0n) is 28.3. The smallest absolute Gasteiger partial charge is 0.164 e. The third-order valence-electron chi connectivity index (χ3n) is 9.92. The Labute approximate surface area is 297 Å². The van der Waals surface area contributed by atoms with Gasteiger partial charge in [0.1, 0.15) is 0 Å². The number of aryl methyl sites for hydroxylation is 1. The van der Waals surface area contributed by atoms with Gasteiger partial charge in [-0.2, -0.15) is 0 Å². The van der Waals surface area contributed by atoms with E-state index in [-0.39, 0.29) is 12.0 Å². The highest BCUT2D eigenvalue weighted by molar-refractivity contribution is 5.91. The van der Waals surface area contributed by atoms with E-state index in [4.69, 9.17) is 15.0 Å². The molecule has 9 rings (SSSR count). The number of hydrogen-bond acceptors (Lipinski definition) is 4. The van der Waals surface area contributed by atoms with Gasteiger partial charge in [-0.05, 0) is 54.5 Å². The van der Waals surface area contributed by atoms with E-state index in [0.29, 0.717) is 17.5 Å². The fourth-order valence-corrected chi connectivity index (χ4v) is 7.58. The van der Waals surface area contributed by atoms with Crippen molar-refractivity contribution in [3.63, 3.8) is 0 Å². The van der Waals surface area contributed by atoms with E-state index in [0.717, 1.165) is 39.3 Å². The van der Waals surface area contributed by atoms with E-state index >= 15 is 0 Å². The van der Waals surface area contributed by atoms with E-state index in [2.05, 4.69) is 120 Å². The molecule has 51 heavy (non-hydrogen) atoms. The summed E-state index contributed by atoms with van der Waals surface area (Å²) in [5.74, 6) is 2.14. The van der Waals surface area contributed by atoms with Crippen LogP contribution in [0.15, 0.2) is 170 Å². The molecule has 0 bridgehead atoms. The molecule has 5 heteroatoms. The fraction of sp³-hybridized carbons (Fsp3) is 0.0652. The zero-order chi connectivity index (χ0) is 34.3. The van der Waals surface area contributed by atoms with Crippen molar-refractivity contribution >= 4 is 28.4 Å². The van der Waals surface area contributed by atoms with Crippen LogP contribution in [0.1, 0.15) is 22.7 Å². The topological polar surface area (TPSA) is 46.8 Å². The minimum atomic E-state index is 0.136. The van der Waals surface area contributed by atoms with Crippen molar-refractivity contribution < 1.29 is 0 Å². The average Bonchev–Trinajstić information content (AvgIpc) is 3.69. The number of rotatable bonds is 7. The van der Waals surface area contributed by atoms with Crippen LogP contribution < -0.4 is 4.90 Å². The molecule has 2 aliphatic rings. The van der Waals surface area contributed by atoms with Crippen molar-refractivity contribution in [3.8, 4) is 39.9 Å². The van der Waals surface area contributed by atoms with Gasteiger partial charge in [-0.3, -0.25) is 0 Å². The molecule has 1 aliphatic carbocycles. The predicted octanol–water partition coefficient (Wildman–Crippen LogP) is 11.1. The van der Waals surface area contributed by atoms with Gasteiger partial charge in [0.05, 0.1) is 11.6 Å². The van der Waals surface area contributed by atoms with Crippen LogP contribution in [0.5, 0.6) is 0 Å². The standard InChI is InChI=1S/C46H35N5/c1-3-4-24-40-31(2)37-21-11-14-25-41(37)50(40)35-28-34(29-36(30-35)51-42-26-15-12-22-38(42)39-23-13-16-27-43(39)51)46-48-44(32-17-7-5-8-18-32)47-45(49-46)33-19-9-6-10-20-33/h3-30,38,42H,1H2,2H3/b24-4-. The summed E-state index contributed by atoms with van der Waals surface area (Å²) >= 11 is 0. The van der Waals surface area contributed by atoms with Gasteiger partial charge in [0.15, 0.2) is 17.5 Å². The second-order valence-corrected chi connectivity index (χ2v) is 12.9. The van der Waals surface area contributed by atoms with Crippen LogP contribution in [0, 0.1) is 6.92 Å². The summed E-state index contributed by atoms with van der Waals surface area (Å²) in [6.45, 7) is 6.16. The lowest BCUT2D eigenvalue weighted by Gasteiger charge is -2.29. The zero-order valence-corrected chi connectivity index (χ0v) is 28.3. The number of nitrogens with zero attached hydrogens (tertiary/aromatic N) is 5. The van der Waals surface area contributed by atoms with Gasteiger partial charge in [-0.25, -0.2) is 15.0 Å². The third-order valence-corrected chi connectivity index (χ3v) is 9.92. The number of benzene rings is 5. The van der Waals surface area contributed by atoms with Crippen LogP contribution in [0.3, 0.4) is 0 Å². The van der Waals surface area contributed by atoms with Crippen molar-refractivity contribution in [1.29, 1.82) is 0 Å². The maximum absolute atomic E-state index is 5.16. The van der Waals surface area contributed by atoms with Crippen molar-refractivity contribution in [2.75, 3.05) is 4.90 Å². The van der Waals surface area contributed by atoms with Crippen LogP contribution >= 0.6 is 0 Å². The summed E-state index contributed by atoms with van der Waals surface area (Å²) in [5.41, 5.74) is 10.8. The molecule has 0 amide bonds. The van der Waals surface area contributed by atoms with E-state index in [1.807, 2.05) is 72.8 Å². The number of fused-ring (bicyclic) bond motifs is 4. The lowest BCUT2D eigenvalue weighted by Crippen LogP contribution is -2.28. The summed E-state index contributed by atoms with van der Waals surface area (Å²) in [6.07, 6.45) is 14.9. The van der Waals surface area contributed by atoms with Crippen LogP contribution in [-0.4, -0.2) is 25.6 Å². The molecule has 5 nitrogen and oxygen atoms in total. The first-order valence-corrected chi connectivity index (χ1v) is 17.3. The Morgan fingerprint density at radius 2 is 1.24 bits per heavy atom. The lowest BCUT2D eigenvalue weighted by molar-refractivity contribution is 0.744. The minimum Gasteiger partial charge on any atom is -0.333 e. The van der Waals surface area contributed by atoms with Crippen molar-refractivity contribution in [2.24, 2.45) is 0 Å². The summed E-state index contributed by atoms with van der Waals surface area (Å²) < 4.78 is 2.35. The number of hydrogen-bond donors (Lipinski definition) is 0. The molecule has 2 aromatic heterocycles. The Hall–Kier alpha value is -6.59. The quantitative estimate of drug-likeness (QED) is 0.160. The molecule has 0 saturated heterocycles. The first kappa shape index (κ1) is 30.5. The highest BCUT2D eigenvalue weighted by atomic mass is 15.2. The number of para-hydroxylation sites is 2. The molecule has 2 unspecified atom stereocenters. The highest BCUT2D eigenvalue weighted by Gasteiger charge is 2.37. The molecule has 5 aromatic carbocycles. The van der Waals surface area contributed by atoms with E-state index in [1.165, 1.54) is 22.2 Å². The average molecular weight is 658 g/mol. The summed E-state index contributed by atoms with van der Waals surface area (Å²) in [7, 11) is 0. The first-order valence-electron chi connectivity index (χ1n) is 17.3. The summed E-state index contributed by atoms with van der Waals surface area (Å²) in [4.78, 5) is 17.8. The monoisotopic (exact) mass is 657 g/mol. The first-order chi connectivity index (χ1) is 25.2. The number of allylic oxidation sites excluding steroid dienone is 4. The van der Waals surface area contributed by atoms with Crippen molar-refractivity contribution in [3.05, 3.63) is 187 Å². The second-order valence-electron chi connectivity index (χ2n) is 12.9. The molecule has 0 spiro atoms. The molecule has 0 radical (unpaired) electrons. The Kier molecular flexibility index (Phi) is 7.59. The maximum atomic E-state index is 5.16. The van der Waals surface area contributed by atoms with Gasteiger partial charge >= 0.3 is 0 Å². The van der Waals surface area contributed by atoms with Gasteiger partial charge in [-0.1, -0.05) is 140 Å². The van der Waals surface area contributed by atoms with Gasteiger partial charge in [0, 0.05) is 50.8 Å². The third kappa shape index (κ3) is 5.31. The number of aromatic nitrogens is 4. The lowest BCUT2D eigenvalue weighted by atomic mass is 9.91. The molecule has 0 saturated carbocycles. The molecule has 0 N–H and O–H groups in total. The predicted molar refractivity (Wildman–Crippen MR) is 210 cm³/mol. The van der Waals surface area contributed by atoms with E-state index in [9.17, 15) is 0 Å². The highest BCUT2D eigenvalue weighted by Crippen LogP contribution is 2.48. The summed E-state index contributed by atoms with van der Waals surface area (Å²) in [5, 5.41) is 1.21. The fourth-order valence-electron chi connectivity index (χ4n) is 7.58. The SMILES string of the molecule is C=C/C=C\c1c(C)c2ccccc2n1-c1cc(-c2nc(-c3ccccc3)nc(-c3ccccc3)n2)cc(N2c3ccccc3C3C=CC=CC32)c1. The largest absolute Gasteiger partial charge is 0.333 e.